The van der Waals surface area contributed by atoms with Crippen molar-refractivity contribution in [2.24, 2.45) is 0 Å². The molecule has 1 amide bonds. The van der Waals surface area contributed by atoms with Crippen LogP contribution in [-0.2, 0) is 20.9 Å². The van der Waals surface area contributed by atoms with Crippen LogP contribution in [0.5, 0.6) is 0 Å². The third-order valence-corrected chi connectivity index (χ3v) is 4.01. The molecule has 2 aromatic rings. The summed E-state index contributed by atoms with van der Waals surface area (Å²) in [5.74, 6) is 0.0563. The Bertz CT molecular complexity index is 710. The van der Waals surface area contributed by atoms with Crippen LogP contribution in [0.1, 0.15) is 26.0 Å². The highest BCUT2D eigenvalue weighted by Crippen LogP contribution is 2.10. The second-order valence-corrected chi connectivity index (χ2v) is 6.20. The Labute approximate surface area is 152 Å². The third kappa shape index (κ3) is 5.78. The highest BCUT2D eigenvalue weighted by molar-refractivity contribution is 5.76. The largest absolute Gasteiger partial charge is 0.483 e. The predicted octanol–water partition coefficient (Wildman–Crippen LogP) is 0.546. The minimum absolute atomic E-state index is 0.0563. The smallest absolute Gasteiger partial charge is 0.290 e. The van der Waals surface area contributed by atoms with Crippen LogP contribution < -0.4 is 5.32 Å². The fourth-order valence-corrected chi connectivity index (χ4v) is 3.03. The molecule has 1 aliphatic rings. The second-order valence-electron chi connectivity index (χ2n) is 6.20. The Morgan fingerprint density at radius 2 is 2.08 bits per heavy atom. The topological polar surface area (TPSA) is 109 Å². The lowest BCUT2D eigenvalue weighted by Crippen LogP contribution is -2.46. The minimum Gasteiger partial charge on any atom is -0.483 e. The van der Waals surface area contributed by atoms with Gasteiger partial charge in [0.25, 0.3) is 6.47 Å². The number of aromatic nitrogens is 3. The number of fused-ring (bicyclic) bond motifs is 1. The molecule has 0 bridgehead atoms. The number of carboxylic acid groups (broad SMARTS) is 1. The summed E-state index contributed by atoms with van der Waals surface area (Å²) in [5, 5.41) is 9.85. The van der Waals surface area contributed by atoms with E-state index in [0.29, 0.717) is 13.0 Å². The molecule has 0 aromatic carbocycles. The molecule has 3 heterocycles. The van der Waals surface area contributed by atoms with Crippen LogP contribution in [0.2, 0.25) is 0 Å². The molecule has 0 spiro atoms. The lowest BCUT2D eigenvalue weighted by Gasteiger charge is -2.35. The maximum atomic E-state index is 12.1. The van der Waals surface area contributed by atoms with Crippen molar-refractivity contribution >= 4 is 18.0 Å². The second kappa shape index (κ2) is 9.83. The summed E-state index contributed by atoms with van der Waals surface area (Å²) >= 11 is 0. The number of amides is 1. The van der Waals surface area contributed by atoms with Crippen LogP contribution in [0.3, 0.4) is 0 Å². The summed E-state index contributed by atoms with van der Waals surface area (Å²) in [4.78, 5) is 31.0. The molecule has 3 rings (SSSR count). The van der Waals surface area contributed by atoms with E-state index in [0.717, 1.165) is 31.0 Å². The quantitative estimate of drug-likeness (QED) is 0.747. The molecule has 1 aliphatic heterocycles. The SMILES string of the molecule is C[C@@H]1CN(CCC(=O)NCc2cnc3cnccn23)C[C@H](C)O1.O=CO. The Kier molecular flexibility index (Phi) is 7.49. The lowest BCUT2D eigenvalue weighted by atomic mass is 10.2. The van der Waals surface area contributed by atoms with E-state index in [-0.39, 0.29) is 24.6 Å². The van der Waals surface area contributed by atoms with Gasteiger partial charge in [0.2, 0.25) is 5.91 Å². The van der Waals surface area contributed by atoms with Gasteiger partial charge in [-0.3, -0.25) is 23.9 Å². The summed E-state index contributed by atoms with van der Waals surface area (Å²) in [5.41, 5.74) is 1.73. The van der Waals surface area contributed by atoms with Crippen LogP contribution in [0.15, 0.2) is 24.8 Å². The first-order valence-corrected chi connectivity index (χ1v) is 8.51. The van der Waals surface area contributed by atoms with Gasteiger partial charge in [-0.1, -0.05) is 0 Å². The monoisotopic (exact) mass is 363 g/mol. The molecule has 26 heavy (non-hydrogen) atoms. The van der Waals surface area contributed by atoms with E-state index in [2.05, 4.69) is 34.0 Å². The number of morpholine rings is 1. The van der Waals surface area contributed by atoms with Gasteiger partial charge in [-0.05, 0) is 13.8 Å². The number of carbonyl (C=O) groups is 2. The van der Waals surface area contributed by atoms with E-state index >= 15 is 0 Å². The minimum atomic E-state index is -0.250. The van der Waals surface area contributed by atoms with Crippen molar-refractivity contribution in [3.63, 3.8) is 0 Å². The number of rotatable bonds is 5. The number of imidazole rings is 1. The zero-order chi connectivity index (χ0) is 18.9. The molecule has 2 atom stereocenters. The molecule has 9 heteroatoms. The molecule has 9 nitrogen and oxygen atoms in total. The van der Waals surface area contributed by atoms with E-state index in [1.165, 1.54) is 0 Å². The lowest BCUT2D eigenvalue weighted by molar-refractivity contribution is -0.123. The van der Waals surface area contributed by atoms with Gasteiger partial charge in [0.1, 0.15) is 0 Å². The van der Waals surface area contributed by atoms with Crippen molar-refractivity contribution in [2.45, 2.75) is 39.0 Å². The zero-order valence-electron chi connectivity index (χ0n) is 15.0. The molecule has 1 fully saturated rings. The van der Waals surface area contributed by atoms with Gasteiger partial charge in [0.15, 0.2) is 5.65 Å². The van der Waals surface area contributed by atoms with Crippen LogP contribution in [0.25, 0.3) is 5.65 Å². The average Bonchev–Trinajstić information content (AvgIpc) is 3.01. The van der Waals surface area contributed by atoms with E-state index in [1.54, 1.807) is 18.6 Å². The van der Waals surface area contributed by atoms with E-state index in [1.807, 2.05) is 10.6 Å². The van der Waals surface area contributed by atoms with Gasteiger partial charge in [0, 0.05) is 38.4 Å². The Morgan fingerprint density at radius 1 is 1.38 bits per heavy atom. The predicted molar refractivity (Wildman–Crippen MR) is 94.6 cm³/mol. The number of hydrogen-bond donors (Lipinski definition) is 2. The van der Waals surface area contributed by atoms with Crippen molar-refractivity contribution in [1.29, 1.82) is 0 Å². The van der Waals surface area contributed by atoms with Gasteiger partial charge in [0.05, 0.1) is 36.8 Å². The summed E-state index contributed by atoms with van der Waals surface area (Å²) in [7, 11) is 0. The molecule has 0 saturated carbocycles. The maximum absolute atomic E-state index is 12.1. The first-order valence-electron chi connectivity index (χ1n) is 8.51. The third-order valence-electron chi connectivity index (χ3n) is 4.01. The standard InChI is InChI=1S/C16H23N5O2.CH2O2/c1-12-10-20(11-13(2)23-12)5-3-16(22)19-8-14-7-18-15-9-17-4-6-21(14)15;2-1-3/h4,6-7,9,12-13H,3,5,8,10-11H2,1-2H3,(H,19,22);1H,(H,2,3)/t12-,13+;. The number of hydrogen-bond acceptors (Lipinski definition) is 6. The van der Waals surface area contributed by atoms with Crippen LogP contribution in [0, 0.1) is 0 Å². The number of nitrogens with one attached hydrogen (secondary N) is 1. The van der Waals surface area contributed by atoms with Gasteiger partial charge < -0.3 is 15.2 Å². The van der Waals surface area contributed by atoms with Gasteiger partial charge >= 0.3 is 0 Å². The summed E-state index contributed by atoms with van der Waals surface area (Å²) in [6.07, 6.45) is 7.98. The molecular weight excluding hydrogens is 338 g/mol. The molecular formula is C17H25N5O4. The van der Waals surface area contributed by atoms with Crippen LogP contribution in [-0.4, -0.2) is 68.6 Å². The first kappa shape index (κ1) is 19.8. The van der Waals surface area contributed by atoms with Crippen LogP contribution in [0.4, 0.5) is 0 Å². The van der Waals surface area contributed by atoms with Crippen molar-refractivity contribution in [1.82, 2.24) is 24.6 Å². The summed E-state index contributed by atoms with van der Waals surface area (Å²) < 4.78 is 7.63. The fraction of sp³-hybridized carbons (Fsp3) is 0.529. The molecule has 0 radical (unpaired) electrons. The molecule has 0 aliphatic carbocycles. The van der Waals surface area contributed by atoms with Gasteiger partial charge in [-0.25, -0.2) is 4.98 Å². The molecule has 2 aromatic heterocycles. The van der Waals surface area contributed by atoms with Crippen molar-refractivity contribution < 1.29 is 19.4 Å². The summed E-state index contributed by atoms with van der Waals surface area (Å²) in [6.45, 7) is 6.90. The average molecular weight is 363 g/mol. The van der Waals surface area contributed by atoms with Crippen molar-refractivity contribution in [3.05, 3.63) is 30.5 Å². The van der Waals surface area contributed by atoms with E-state index < -0.39 is 0 Å². The molecule has 0 unspecified atom stereocenters. The fourth-order valence-electron chi connectivity index (χ4n) is 3.03. The highest BCUT2D eigenvalue weighted by atomic mass is 16.5. The van der Waals surface area contributed by atoms with E-state index in [4.69, 9.17) is 14.6 Å². The molecule has 1 saturated heterocycles. The molecule has 142 valence electrons. The normalized spacial score (nSPS) is 20.2. The number of ether oxygens (including phenoxy) is 1. The van der Waals surface area contributed by atoms with Gasteiger partial charge in [-0.2, -0.15) is 0 Å². The van der Waals surface area contributed by atoms with E-state index in [9.17, 15) is 4.79 Å². The Balaban J connectivity index is 0.000000758. The van der Waals surface area contributed by atoms with Crippen molar-refractivity contribution in [3.8, 4) is 0 Å². The van der Waals surface area contributed by atoms with Crippen LogP contribution >= 0.6 is 0 Å². The van der Waals surface area contributed by atoms with Gasteiger partial charge in [-0.15, -0.1) is 0 Å². The Morgan fingerprint density at radius 3 is 2.77 bits per heavy atom. The maximum Gasteiger partial charge on any atom is 0.290 e. The zero-order valence-corrected chi connectivity index (χ0v) is 15.0. The first-order chi connectivity index (χ1) is 12.5. The number of carbonyl (C=O) groups excluding carboxylic acids is 1. The van der Waals surface area contributed by atoms with Crippen molar-refractivity contribution in [2.75, 3.05) is 19.6 Å². The molecule has 2 N–H and O–H groups in total. The summed E-state index contributed by atoms with van der Waals surface area (Å²) in [6, 6.07) is 0. The Hall–Kier alpha value is -2.52. The number of nitrogens with zero attached hydrogens (tertiary/aromatic N) is 4. The highest BCUT2D eigenvalue weighted by Gasteiger charge is 2.22.